The van der Waals surface area contributed by atoms with Crippen LogP contribution in [0.15, 0.2) is 231 Å². The second-order valence-corrected chi connectivity index (χ2v) is 16.3. The molecule has 294 valence electrons. The number of benzene rings is 9. The highest BCUT2D eigenvalue weighted by Gasteiger charge is 2.29. The van der Waals surface area contributed by atoms with E-state index in [-0.39, 0.29) is 0 Å². The van der Waals surface area contributed by atoms with Crippen LogP contribution < -0.4 is 0 Å². The fraction of sp³-hybridized carbons (Fsp3) is 0. The predicted molar refractivity (Wildman–Crippen MR) is 264 cm³/mol. The molecule has 0 amide bonds. The van der Waals surface area contributed by atoms with Crippen molar-refractivity contribution in [3.05, 3.63) is 231 Å². The first-order valence-electron chi connectivity index (χ1n) is 21.5. The second kappa shape index (κ2) is 14.1. The average molecular weight is 803 g/mol. The topological polar surface area (TPSA) is 27.7 Å². The number of para-hydroxylation sites is 6. The van der Waals surface area contributed by atoms with Crippen LogP contribution in [0.4, 0.5) is 0 Å². The summed E-state index contributed by atoms with van der Waals surface area (Å²) in [5.74, 6) is 0. The molecule has 0 aliphatic rings. The molecule has 63 heavy (non-hydrogen) atoms. The van der Waals surface area contributed by atoms with Crippen molar-refractivity contribution in [1.82, 2.24) is 18.7 Å². The Hall–Kier alpha value is -8.47. The fourth-order valence-corrected chi connectivity index (χ4v) is 10.3. The molecule has 4 aromatic heterocycles. The normalized spacial score (nSPS) is 11.8. The molecule has 13 aromatic rings. The summed E-state index contributed by atoms with van der Waals surface area (Å²) >= 11 is 0. The van der Waals surface area contributed by atoms with E-state index in [1.165, 1.54) is 71.1 Å². The lowest BCUT2D eigenvalue weighted by Crippen LogP contribution is -2.00. The molecule has 0 saturated heterocycles. The highest BCUT2D eigenvalue weighted by atomic mass is 15.0. The highest BCUT2D eigenvalue weighted by molar-refractivity contribution is 6.33. The number of aromatic nitrogens is 4. The summed E-state index contributed by atoms with van der Waals surface area (Å²) in [4.78, 5) is 4.30. The highest BCUT2D eigenvalue weighted by Crippen LogP contribution is 2.53. The van der Waals surface area contributed by atoms with Crippen LogP contribution in [-0.4, -0.2) is 18.7 Å². The van der Waals surface area contributed by atoms with Gasteiger partial charge in [-0.3, -0.25) is 4.98 Å². The molecule has 0 N–H and O–H groups in total. The molecular weight excluding hydrogens is 765 g/mol. The number of hydrogen-bond acceptors (Lipinski definition) is 1. The van der Waals surface area contributed by atoms with Crippen molar-refractivity contribution in [1.29, 1.82) is 0 Å². The van der Waals surface area contributed by atoms with Crippen LogP contribution in [0.25, 0.3) is 116 Å². The van der Waals surface area contributed by atoms with Gasteiger partial charge >= 0.3 is 0 Å². The minimum absolute atomic E-state index is 1.12. The van der Waals surface area contributed by atoms with Crippen molar-refractivity contribution in [3.8, 4) is 50.4 Å². The molecule has 4 heterocycles. The van der Waals surface area contributed by atoms with E-state index >= 15 is 0 Å². The molecule has 0 saturated carbocycles. The van der Waals surface area contributed by atoms with E-state index in [2.05, 4.69) is 237 Å². The number of pyridine rings is 1. The average Bonchev–Trinajstić information content (AvgIpc) is 4.01. The molecule has 4 nitrogen and oxygen atoms in total. The van der Waals surface area contributed by atoms with Gasteiger partial charge in [0.15, 0.2) is 0 Å². The molecule has 13 rings (SSSR count). The maximum absolute atomic E-state index is 4.30. The number of fused-ring (bicyclic) bond motifs is 10. The van der Waals surface area contributed by atoms with E-state index in [1.54, 1.807) is 0 Å². The molecule has 0 aliphatic carbocycles. The quantitative estimate of drug-likeness (QED) is 0.165. The SMILES string of the molecule is c1ccc(-n2c3ccccc3c3cc(-c4c(-c5ccc(-c6ccncc6)cc5)c5c6ccccc6n(-c6ccccc6)c5c5c4c4ccccc4n5-c4ccccc4)ccc32)cc1. The van der Waals surface area contributed by atoms with Gasteiger partial charge in [0.05, 0.1) is 33.1 Å². The van der Waals surface area contributed by atoms with E-state index < -0.39 is 0 Å². The molecule has 9 aromatic carbocycles. The van der Waals surface area contributed by atoms with E-state index in [0.717, 1.165) is 44.8 Å². The van der Waals surface area contributed by atoms with E-state index in [0.29, 0.717) is 0 Å². The first kappa shape index (κ1) is 35.3. The fourth-order valence-electron chi connectivity index (χ4n) is 10.3. The minimum atomic E-state index is 1.12. The van der Waals surface area contributed by atoms with Crippen LogP contribution in [-0.2, 0) is 0 Å². The van der Waals surface area contributed by atoms with Crippen molar-refractivity contribution < 1.29 is 0 Å². The van der Waals surface area contributed by atoms with Crippen LogP contribution in [0.3, 0.4) is 0 Å². The third kappa shape index (κ3) is 5.32. The van der Waals surface area contributed by atoms with Gasteiger partial charge in [0.25, 0.3) is 0 Å². The summed E-state index contributed by atoms with van der Waals surface area (Å²) in [6.07, 6.45) is 3.73. The van der Waals surface area contributed by atoms with Crippen molar-refractivity contribution in [2.45, 2.75) is 0 Å². The predicted octanol–water partition coefficient (Wildman–Crippen LogP) is 15.4. The molecule has 0 spiro atoms. The van der Waals surface area contributed by atoms with Crippen molar-refractivity contribution >= 4 is 65.4 Å². The number of nitrogens with zero attached hydrogens (tertiary/aromatic N) is 4. The Morgan fingerprint density at radius 1 is 0.270 bits per heavy atom. The van der Waals surface area contributed by atoms with Gasteiger partial charge in [-0.1, -0.05) is 140 Å². The summed E-state index contributed by atoms with van der Waals surface area (Å²) in [5, 5.41) is 7.31. The molecule has 0 aliphatic heterocycles. The molecule has 4 heteroatoms. The van der Waals surface area contributed by atoms with Crippen molar-refractivity contribution in [2.75, 3.05) is 0 Å². The first-order chi connectivity index (χ1) is 31.3. The second-order valence-electron chi connectivity index (χ2n) is 16.3. The summed E-state index contributed by atoms with van der Waals surface area (Å²) in [6, 6.07) is 79.7. The Bertz CT molecular complexity index is 3860. The van der Waals surface area contributed by atoms with Gasteiger partial charge in [-0.2, -0.15) is 0 Å². The monoisotopic (exact) mass is 802 g/mol. The summed E-state index contributed by atoms with van der Waals surface area (Å²) in [7, 11) is 0. The van der Waals surface area contributed by atoms with Gasteiger partial charge in [0.2, 0.25) is 0 Å². The van der Waals surface area contributed by atoms with Crippen LogP contribution in [0.2, 0.25) is 0 Å². The zero-order valence-corrected chi connectivity index (χ0v) is 34.2. The zero-order chi connectivity index (χ0) is 41.4. The Morgan fingerprint density at radius 3 is 1.19 bits per heavy atom. The molecule has 0 bridgehead atoms. The lowest BCUT2D eigenvalue weighted by molar-refractivity contribution is 1.15. The Balaban J connectivity index is 1.27. The lowest BCUT2D eigenvalue weighted by Gasteiger charge is -2.19. The van der Waals surface area contributed by atoms with E-state index in [4.69, 9.17) is 0 Å². The van der Waals surface area contributed by atoms with Crippen LogP contribution in [0, 0.1) is 0 Å². The Morgan fingerprint density at radius 2 is 0.651 bits per heavy atom. The lowest BCUT2D eigenvalue weighted by atomic mass is 9.86. The number of hydrogen-bond donors (Lipinski definition) is 0. The van der Waals surface area contributed by atoms with Gasteiger partial charge < -0.3 is 13.7 Å². The van der Waals surface area contributed by atoms with Crippen LogP contribution in [0.1, 0.15) is 0 Å². The van der Waals surface area contributed by atoms with E-state index in [9.17, 15) is 0 Å². The molecule has 0 atom stereocenters. The maximum Gasteiger partial charge on any atom is 0.0795 e. The van der Waals surface area contributed by atoms with Gasteiger partial charge in [-0.05, 0) is 101 Å². The maximum atomic E-state index is 4.30. The Labute approximate surface area is 363 Å². The smallest absolute Gasteiger partial charge is 0.0795 e. The van der Waals surface area contributed by atoms with Crippen LogP contribution in [0.5, 0.6) is 0 Å². The number of rotatable bonds is 6. The van der Waals surface area contributed by atoms with Gasteiger partial charge in [-0.25, -0.2) is 0 Å². The first-order valence-corrected chi connectivity index (χ1v) is 21.5. The van der Waals surface area contributed by atoms with Gasteiger partial charge in [0.1, 0.15) is 0 Å². The largest absolute Gasteiger partial charge is 0.309 e. The standard InChI is InChI=1S/C59H38N4/c1-4-16-43(17-5-1)61-50-25-13-10-22-46(50)49-38-42(32-33-53(49)61)55-54(41-30-28-39(29-31-41)40-34-36-60-37-35-40)56-47-23-11-14-26-51(47)62(44-18-6-2-7-19-44)58(56)59-57(55)48-24-12-15-27-52(48)63(59)45-20-8-3-9-21-45/h1-38H. The Kier molecular flexibility index (Phi) is 7.87. The van der Waals surface area contributed by atoms with Gasteiger partial charge in [-0.15, -0.1) is 0 Å². The zero-order valence-electron chi connectivity index (χ0n) is 34.2. The molecule has 0 unspecified atom stereocenters. The van der Waals surface area contributed by atoms with E-state index in [1.807, 2.05) is 12.4 Å². The molecular formula is C59H38N4. The van der Waals surface area contributed by atoms with Crippen LogP contribution >= 0.6 is 0 Å². The summed E-state index contributed by atoms with van der Waals surface area (Å²) < 4.78 is 7.41. The third-order valence-electron chi connectivity index (χ3n) is 12.9. The minimum Gasteiger partial charge on any atom is -0.309 e. The van der Waals surface area contributed by atoms with Crippen molar-refractivity contribution in [3.63, 3.8) is 0 Å². The van der Waals surface area contributed by atoms with Crippen molar-refractivity contribution in [2.24, 2.45) is 0 Å². The molecule has 0 radical (unpaired) electrons. The summed E-state index contributed by atoms with van der Waals surface area (Å²) in [5.41, 5.74) is 17.5. The summed E-state index contributed by atoms with van der Waals surface area (Å²) in [6.45, 7) is 0. The molecule has 0 fully saturated rings. The van der Waals surface area contributed by atoms with Gasteiger partial charge in [0, 0.05) is 72.9 Å². The third-order valence-corrected chi connectivity index (χ3v) is 12.9.